The number of amides is 2. The predicted octanol–water partition coefficient (Wildman–Crippen LogP) is 3.80. The Labute approximate surface area is 190 Å². The van der Waals surface area contributed by atoms with E-state index in [2.05, 4.69) is 5.10 Å². The lowest BCUT2D eigenvalue weighted by Gasteiger charge is -2.35. The Balaban J connectivity index is 1.24. The zero-order valence-electron chi connectivity index (χ0n) is 19.5. The van der Waals surface area contributed by atoms with Crippen LogP contribution in [0.15, 0.2) is 6.07 Å². The number of fused-ring (bicyclic) bond motifs is 1. The quantitative estimate of drug-likeness (QED) is 0.713. The molecule has 2 aromatic rings. The van der Waals surface area contributed by atoms with Gasteiger partial charge in [-0.1, -0.05) is 32.1 Å². The molecule has 7 heteroatoms. The van der Waals surface area contributed by atoms with Crippen LogP contribution in [0, 0.1) is 12.8 Å². The number of carbonyl (C=O) groups excluding carboxylic acids is 2. The second-order valence-electron chi connectivity index (χ2n) is 9.99. The third-order valence-corrected chi connectivity index (χ3v) is 7.63. The molecule has 3 fully saturated rings. The van der Waals surface area contributed by atoms with Crippen LogP contribution in [0.4, 0.5) is 0 Å². The van der Waals surface area contributed by atoms with Crippen LogP contribution in [0.25, 0.3) is 11.0 Å². The van der Waals surface area contributed by atoms with Crippen molar-refractivity contribution in [1.29, 1.82) is 0 Å². The molecule has 0 atom stereocenters. The standard InChI is InChI=1S/C25H35N5O2/c1-17-23-20(16-21(19-9-10-19)26-24(23)28(2)27-17)25(32)30-14-12-29(13-15-30)22(31)11-8-18-6-4-3-5-7-18/h16,18-19H,3-15H2,1-2H3. The topological polar surface area (TPSA) is 71.3 Å². The molecule has 172 valence electrons. The van der Waals surface area contributed by atoms with E-state index in [1.54, 1.807) is 4.68 Å². The van der Waals surface area contributed by atoms with Crippen molar-refractivity contribution in [2.24, 2.45) is 13.0 Å². The summed E-state index contributed by atoms with van der Waals surface area (Å²) in [5.74, 6) is 1.51. The molecule has 0 bridgehead atoms. The molecule has 0 aromatic carbocycles. The van der Waals surface area contributed by atoms with Crippen molar-refractivity contribution < 1.29 is 9.59 Å². The van der Waals surface area contributed by atoms with Gasteiger partial charge in [-0.05, 0) is 38.2 Å². The minimum absolute atomic E-state index is 0.0460. The van der Waals surface area contributed by atoms with Crippen LogP contribution < -0.4 is 0 Å². The Morgan fingerprint density at radius 1 is 1.00 bits per heavy atom. The lowest BCUT2D eigenvalue weighted by Crippen LogP contribution is -2.50. The number of carbonyl (C=O) groups is 2. The minimum Gasteiger partial charge on any atom is -0.339 e. The van der Waals surface area contributed by atoms with Crippen LogP contribution in [-0.4, -0.2) is 62.6 Å². The molecule has 32 heavy (non-hydrogen) atoms. The van der Waals surface area contributed by atoms with Gasteiger partial charge in [0, 0.05) is 51.3 Å². The van der Waals surface area contributed by atoms with Crippen LogP contribution in [0.2, 0.25) is 0 Å². The first-order valence-corrected chi connectivity index (χ1v) is 12.4. The van der Waals surface area contributed by atoms with Crippen molar-refractivity contribution in [2.75, 3.05) is 26.2 Å². The number of pyridine rings is 1. The number of rotatable bonds is 5. The van der Waals surface area contributed by atoms with Gasteiger partial charge < -0.3 is 9.80 Å². The monoisotopic (exact) mass is 437 g/mol. The Kier molecular flexibility index (Phi) is 5.91. The van der Waals surface area contributed by atoms with E-state index in [0.717, 1.165) is 53.2 Å². The van der Waals surface area contributed by atoms with Crippen molar-refractivity contribution in [2.45, 2.75) is 70.6 Å². The van der Waals surface area contributed by atoms with Crippen LogP contribution in [0.5, 0.6) is 0 Å². The highest BCUT2D eigenvalue weighted by Crippen LogP contribution is 2.40. The second kappa shape index (κ2) is 8.83. The Morgan fingerprint density at radius 3 is 2.38 bits per heavy atom. The number of nitrogens with zero attached hydrogens (tertiary/aromatic N) is 5. The maximum Gasteiger partial charge on any atom is 0.254 e. The first-order chi connectivity index (χ1) is 15.5. The molecule has 1 saturated heterocycles. The van der Waals surface area contributed by atoms with Crippen molar-refractivity contribution in [3.8, 4) is 0 Å². The molecular formula is C25H35N5O2. The number of hydrogen-bond donors (Lipinski definition) is 0. The van der Waals surface area contributed by atoms with Gasteiger partial charge in [0.05, 0.1) is 16.6 Å². The normalized spacial score (nSPS) is 20.2. The molecule has 0 spiro atoms. The molecule has 0 unspecified atom stereocenters. The molecule has 2 aromatic heterocycles. The van der Waals surface area contributed by atoms with E-state index in [4.69, 9.17) is 4.98 Å². The van der Waals surface area contributed by atoms with E-state index in [0.29, 0.717) is 38.5 Å². The molecule has 1 aliphatic heterocycles. The lowest BCUT2D eigenvalue weighted by molar-refractivity contribution is -0.133. The summed E-state index contributed by atoms with van der Waals surface area (Å²) < 4.78 is 1.79. The van der Waals surface area contributed by atoms with Crippen molar-refractivity contribution in [1.82, 2.24) is 24.6 Å². The third-order valence-electron chi connectivity index (χ3n) is 7.63. The Bertz CT molecular complexity index is 1010. The molecule has 2 amide bonds. The lowest BCUT2D eigenvalue weighted by atomic mass is 9.86. The summed E-state index contributed by atoms with van der Waals surface area (Å²) in [7, 11) is 1.89. The molecule has 0 radical (unpaired) electrons. The van der Waals surface area contributed by atoms with Crippen molar-refractivity contribution in [3.05, 3.63) is 23.0 Å². The molecule has 2 aliphatic carbocycles. The smallest absolute Gasteiger partial charge is 0.254 e. The van der Waals surface area contributed by atoms with Crippen LogP contribution in [0.1, 0.15) is 85.5 Å². The van der Waals surface area contributed by atoms with Crippen molar-refractivity contribution in [3.63, 3.8) is 0 Å². The van der Waals surface area contributed by atoms with E-state index >= 15 is 0 Å². The number of aromatic nitrogens is 3. The van der Waals surface area contributed by atoms with Crippen molar-refractivity contribution >= 4 is 22.8 Å². The fourth-order valence-corrected chi connectivity index (χ4v) is 5.51. The predicted molar refractivity (Wildman–Crippen MR) is 124 cm³/mol. The zero-order valence-corrected chi connectivity index (χ0v) is 19.5. The molecule has 3 aliphatic rings. The average Bonchev–Trinajstić information content (AvgIpc) is 3.63. The van der Waals surface area contributed by atoms with E-state index in [1.165, 1.54) is 32.1 Å². The summed E-state index contributed by atoms with van der Waals surface area (Å²) in [5.41, 5.74) is 3.38. The van der Waals surface area contributed by atoms with E-state index < -0.39 is 0 Å². The zero-order chi connectivity index (χ0) is 22.2. The van der Waals surface area contributed by atoms with Gasteiger partial charge in [-0.2, -0.15) is 5.10 Å². The highest BCUT2D eigenvalue weighted by Gasteiger charge is 2.31. The fraction of sp³-hybridized carbons (Fsp3) is 0.680. The van der Waals surface area contributed by atoms with Gasteiger partial charge >= 0.3 is 0 Å². The first kappa shape index (κ1) is 21.4. The van der Waals surface area contributed by atoms with E-state index in [9.17, 15) is 9.59 Å². The summed E-state index contributed by atoms with van der Waals surface area (Å²) in [5, 5.41) is 5.39. The van der Waals surface area contributed by atoms with Gasteiger partial charge in [-0.3, -0.25) is 14.3 Å². The van der Waals surface area contributed by atoms with Gasteiger partial charge in [0.25, 0.3) is 5.91 Å². The number of aryl methyl sites for hydroxylation is 2. The number of piperazine rings is 1. The molecule has 7 nitrogen and oxygen atoms in total. The van der Waals surface area contributed by atoms with Crippen LogP contribution >= 0.6 is 0 Å². The van der Waals surface area contributed by atoms with Gasteiger partial charge in [-0.25, -0.2) is 4.98 Å². The van der Waals surface area contributed by atoms with Gasteiger partial charge in [0.2, 0.25) is 5.91 Å². The highest BCUT2D eigenvalue weighted by molar-refractivity contribution is 6.06. The summed E-state index contributed by atoms with van der Waals surface area (Å²) in [6.45, 7) is 4.39. The summed E-state index contributed by atoms with van der Waals surface area (Å²) >= 11 is 0. The third kappa shape index (κ3) is 4.26. The molecule has 5 rings (SSSR count). The maximum absolute atomic E-state index is 13.5. The molecule has 2 saturated carbocycles. The number of hydrogen-bond acceptors (Lipinski definition) is 4. The highest BCUT2D eigenvalue weighted by atomic mass is 16.2. The molecule has 0 N–H and O–H groups in total. The van der Waals surface area contributed by atoms with Gasteiger partial charge in [-0.15, -0.1) is 0 Å². The van der Waals surface area contributed by atoms with Gasteiger partial charge in [0.1, 0.15) is 0 Å². The SMILES string of the molecule is Cc1nn(C)c2nc(C3CC3)cc(C(=O)N3CCN(C(=O)CCC4CCCCC4)CC3)c12. The fourth-order valence-electron chi connectivity index (χ4n) is 5.51. The largest absolute Gasteiger partial charge is 0.339 e. The maximum atomic E-state index is 13.5. The summed E-state index contributed by atoms with van der Waals surface area (Å²) in [6.07, 6.45) is 10.5. The summed E-state index contributed by atoms with van der Waals surface area (Å²) in [4.78, 5) is 35.0. The van der Waals surface area contributed by atoms with E-state index in [-0.39, 0.29) is 11.8 Å². The first-order valence-electron chi connectivity index (χ1n) is 12.4. The van der Waals surface area contributed by atoms with E-state index in [1.807, 2.05) is 29.8 Å². The van der Waals surface area contributed by atoms with Crippen LogP contribution in [0.3, 0.4) is 0 Å². The minimum atomic E-state index is 0.0460. The van der Waals surface area contributed by atoms with Gasteiger partial charge in [0.15, 0.2) is 5.65 Å². The van der Waals surface area contributed by atoms with Crippen LogP contribution in [-0.2, 0) is 11.8 Å². The molecule has 3 heterocycles. The second-order valence-corrected chi connectivity index (χ2v) is 9.99. The Hall–Kier alpha value is -2.44. The average molecular weight is 438 g/mol. The summed E-state index contributed by atoms with van der Waals surface area (Å²) in [6, 6.07) is 2.00. The molecular weight excluding hydrogens is 402 g/mol. The Morgan fingerprint density at radius 2 is 1.69 bits per heavy atom.